The van der Waals surface area contributed by atoms with Crippen LogP contribution in [0.5, 0.6) is 0 Å². The van der Waals surface area contributed by atoms with E-state index in [0.29, 0.717) is 5.56 Å². The molecule has 0 atom stereocenters. The van der Waals surface area contributed by atoms with Crippen LogP contribution in [0.15, 0.2) is 22.7 Å². The first-order chi connectivity index (χ1) is 6.65. The van der Waals surface area contributed by atoms with Crippen LogP contribution < -0.4 is 0 Å². The van der Waals surface area contributed by atoms with E-state index in [-0.39, 0.29) is 0 Å². The van der Waals surface area contributed by atoms with Crippen LogP contribution in [0.2, 0.25) is 0 Å². The molecule has 0 aliphatic heterocycles. The number of aryl methyl sites for hydroxylation is 1. The van der Waals surface area contributed by atoms with E-state index >= 15 is 0 Å². The fourth-order valence-electron chi connectivity index (χ4n) is 1.14. The Hall–Kier alpha value is 0.140. The fraction of sp³-hybridized carbons (Fsp3) is 0.300. The molecule has 0 fully saturated rings. The molecule has 14 heavy (non-hydrogen) atoms. The van der Waals surface area contributed by atoms with Gasteiger partial charge in [0.25, 0.3) is 5.24 Å². The van der Waals surface area contributed by atoms with Gasteiger partial charge in [0.1, 0.15) is 0 Å². The summed E-state index contributed by atoms with van der Waals surface area (Å²) in [6.45, 7) is 0. The molecular formula is C10H9Br2ClO. The third-order valence-electron chi connectivity index (χ3n) is 1.84. The second-order valence-corrected chi connectivity index (χ2v) is 4.87. The molecular weight excluding hydrogens is 331 g/mol. The minimum absolute atomic E-state index is 0.427. The Morgan fingerprint density at radius 2 is 2.14 bits per heavy atom. The molecule has 0 radical (unpaired) electrons. The number of hydrogen-bond acceptors (Lipinski definition) is 1. The highest BCUT2D eigenvalue weighted by molar-refractivity contribution is 9.10. The van der Waals surface area contributed by atoms with Crippen LogP contribution in [-0.2, 0) is 6.42 Å². The monoisotopic (exact) mass is 338 g/mol. The molecule has 76 valence electrons. The molecule has 0 bridgehead atoms. The van der Waals surface area contributed by atoms with Crippen molar-refractivity contribution in [2.75, 3.05) is 5.33 Å². The van der Waals surface area contributed by atoms with E-state index in [9.17, 15) is 4.79 Å². The van der Waals surface area contributed by atoms with Gasteiger partial charge in [-0.2, -0.15) is 0 Å². The summed E-state index contributed by atoms with van der Waals surface area (Å²) in [7, 11) is 0. The van der Waals surface area contributed by atoms with Gasteiger partial charge in [-0.05, 0) is 58.1 Å². The Balaban J connectivity index is 2.83. The van der Waals surface area contributed by atoms with Gasteiger partial charge in [0.2, 0.25) is 0 Å². The van der Waals surface area contributed by atoms with Gasteiger partial charge in [0, 0.05) is 15.4 Å². The molecule has 0 spiro atoms. The van der Waals surface area contributed by atoms with Gasteiger partial charge in [0.05, 0.1) is 0 Å². The zero-order chi connectivity index (χ0) is 10.6. The van der Waals surface area contributed by atoms with Crippen LogP contribution in [0.1, 0.15) is 22.3 Å². The zero-order valence-electron chi connectivity index (χ0n) is 7.40. The number of rotatable bonds is 4. The van der Waals surface area contributed by atoms with Crippen molar-refractivity contribution >= 4 is 48.7 Å². The van der Waals surface area contributed by atoms with Crippen molar-refractivity contribution in [2.45, 2.75) is 12.8 Å². The van der Waals surface area contributed by atoms with Crippen molar-refractivity contribution < 1.29 is 4.79 Å². The maximum absolute atomic E-state index is 10.9. The summed E-state index contributed by atoms with van der Waals surface area (Å²) in [5, 5.41) is 0.560. The zero-order valence-corrected chi connectivity index (χ0v) is 11.3. The van der Waals surface area contributed by atoms with Crippen LogP contribution >= 0.6 is 43.5 Å². The van der Waals surface area contributed by atoms with Gasteiger partial charge in [-0.25, -0.2) is 0 Å². The van der Waals surface area contributed by atoms with E-state index < -0.39 is 5.24 Å². The summed E-state index contributed by atoms with van der Waals surface area (Å²) in [5.41, 5.74) is 1.73. The third-order valence-corrected chi connectivity index (χ3v) is 3.26. The van der Waals surface area contributed by atoms with Gasteiger partial charge in [0.15, 0.2) is 0 Å². The smallest absolute Gasteiger partial charge is 0.253 e. The van der Waals surface area contributed by atoms with E-state index in [0.717, 1.165) is 22.6 Å². The Bertz CT molecular complexity index is 339. The number of hydrogen-bond donors (Lipinski definition) is 0. The highest BCUT2D eigenvalue weighted by Gasteiger charge is 2.07. The summed E-state index contributed by atoms with van der Waals surface area (Å²) in [5.74, 6) is 0. The molecule has 1 rings (SSSR count). The first-order valence-corrected chi connectivity index (χ1v) is 6.48. The summed E-state index contributed by atoms with van der Waals surface area (Å²) in [4.78, 5) is 10.9. The highest BCUT2D eigenvalue weighted by Crippen LogP contribution is 2.21. The molecule has 0 aliphatic carbocycles. The van der Waals surface area contributed by atoms with Crippen LogP contribution in [0.25, 0.3) is 0 Å². The topological polar surface area (TPSA) is 17.1 Å². The van der Waals surface area contributed by atoms with Crippen LogP contribution in [-0.4, -0.2) is 10.6 Å². The number of alkyl halides is 1. The Morgan fingerprint density at radius 1 is 1.43 bits per heavy atom. The normalized spacial score (nSPS) is 10.2. The molecule has 0 heterocycles. The highest BCUT2D eigenvalue weighted by atomic mass is 79.9. The molecule has 0 aliphatic rings. The van der Waals surface area contributed by atoms with Gasteiger partial charge < -0.3 is 0 Å². The molecule has 0 saturated carbocycles. The van der Waals surface area contributed by atoms with Crippen molar-refractivity contribution in [3.63, 3.8) is 0 Å². The number of halogens is 3. The van der Waals surface area contributed by atoms with E-state index in [1.54, 1.807) is 6.07 Å². The minimum Gasteiger partial charge on any atom is -0.276 e. The lowest BCUT2D eigenvalue weighted by atomic mass is 10.1. The fourth-order valence-corrected chi connectivity index (χ4v) is 2.31. The molecule has 0 unspecified atom stereocenters. The maximum Gasteiger partial charge on any atom is 0.253 e. The lowest BCUT2D eigenvalue weighted by molar-refractivity contribution is 0.108. The van der Waals surface area contributed by atoms with Gasteiger partial charge in [-0.15, -0.1) is 0 Å². The van der Waals surface area contributed by atoms with Crippen molar-refractivity contribution in [1.29, 1.82) is 0 Å². The second-order valence-electron chi connectivity index (χ2n) is 2.88. The quantitative estimate of drug-likeness (QED) is 0.594. The standard InChI is InChI=1S/C10H9Br2ClO/c11-5-1-2-7-3-4-8(10(13)14)9(12)6-7/h3-4,6H,1-2,5H2. The van der Waals surface area contributed by atoms with Crippen molar-refractivity contribution in [3.8, 4) is 0 Å². The summed E-state index contributed by atoms with van der Waals surface area (Å²) < 4.78 is 0.768. The third kappa shape index (κ3) is 3.37. The molecule has 1 aromatic carbocycles. The SMILES string of the molecule is O=C(Cl)c1ccc(CCCBr)cc1Br. The van der Waals surface area contributed by atoms with Crippen molar-refractivity contribution in [1.82, 2.24) is 0 Å². The average Bonchev–Trinajstić information content (AvgIpc) is 2.14. The van der Waals surface area contributed by atoms with E-state index in [4.69, 9.17) is 11.6 Å². The van der Waals surface area contributed by atoms with Crippen molar-refractivity contribution in [2.24, 2.45) is 0 Å². The van der Waals surface area contributed by atoms with E-state index in [1.165, 1.54) is 5.56 Å². The Kier molecular flexibility index (Phi) is 5.13. The molecule has 0 N–H and O–H groups in total. The molecule has 0 amide bonds. The Labute approximate surface area is 105 Å². The summed E-state index contributed by atoms with van der Waals surface area (Å²) >= 11 is 12.1. The summed E-state index contributed by atoms with van der Waals surface area (Å²) in [6, 6.07) is 5.63. The average molecular weight is 340 g/mol. The van der Waals surface area contributed by atoms with Crippen LogP contribution in [0.3, 0.4) is 0 Å². The maximum atomic E-state index is 10.9. The molecule has 1 aromatic rings. The largest absolute Gasteiger partial charge is 0.276 e. The number of carbonyl (C=O) groups excluding carboxylic acids is 1. The lowest BCUT2D eigenvalue weighted by Crippen LogP contribution is -1.93. The van der Waals surface area contributed by atoms with Crippen LogP contribution in [0, 0.1) is 0 Å². The molecule has 4 heteroatoms. The molecule has 1 nitrogen and oxygen atoms in total. The van der Waals surface area contributed by atoms with E-state index in [2.05, 4.69) is 31.9 Å². The van der Waals surface area contributed by atoms with Crippen LogP contribution in [0.4, 0.5) is 0 Å². The van der Waals surface area contributed by atoms with Gasteiger partial charge in [-0.3, -0.25) is 4.79 Å². The number of benzene rings is 1. The Morgan fingerprint density at radius 3 is 2.64 bits per heavy atom. The predicted octanol–water partition coefficient (Wildman–Crippen LogP) is 4.16. The second kappa shape index (κ2) is 5.89. The van der Waals surface area contributed by atoms with E-state index in [1.807, 2.05) is 12.1 Å². The first-order valence-electron chi connectivity index (χ1n) is 4.19. The summed E-state index contributed by atoms with van der Waals surface area (Å²) in [6.07, 6.45) is 2.08. The van der Waals surface area contributed by atoms with Gasteiger partial charge in [-0.1, -0.05) is 22.0 Å². The minimum atomic E-state index is -0.427. The molecule has 0 aromatic heterocycles. The predicted molar refractivity (Wildman–Crippen MR) is 66.4 cm³/mol. The van der Waals surface area contributed by atoms with Crippen molar-refractivity contribution in [3.05, 3.63) is 33.8 Å². The molecule has 0 saturated heterocycles. The lowest BCUT2D eigenvalue weighted by Gasteiger charge is -2.03. The number of carbonyl (C=O) groups is 1. The van der Waals surface area contributed by atoms with Gasteiger partial charge >= 0.3 is 0 Å². The first kappa shape index (κ1) is 12.2.